The van der Waals surface area contributed by atoms with Gasteiger partial charge in [0.05, 0.1) is 27.5 Å². The van der Waals surface area contributed by atoms with Crippen molar-refractivity contribution < 1.29 is 4.79 Å². The number of allylic oxidation sites excluding steroid dienone is 1. The zero-order chi connectivity index (χ0) is 24.7. The molecule has 4 aromatic rings. The van der Waals surface area contributed by atoms with Gasteiger partial charge in [-0.2, -0.15) is 5.10 Å². The van der Waals surface area contributed by atoms with Crippen LogP contribution in [0.4, 0.5) is 5.69 Å². The molecule has 3 heterocycles. The molecule has 0 saturated heterocycles. The zero-order valence-electron chi connectivity index (χ0n) is 19.3. The Labute approximate surface area is 210 Å². The molecule has 1 aliphatic rings. The van der Waals surface area contributed by atoms with Gasteiger partial charge in [0.25, 0.3) is 11.5 Å². The monoisotopic (exact) mass is 503 g/mol. The summed E-state index contributed by atoms with van der Waals surface area (Å²) in [6.45, 7) is 3.70. The van der Waals surface area contributed by atoms with E-state index in [0.717, 1.165) is 16.8 Å². The third kappa shape index (κ3) is 4.38. The van der Waals surface area contributed by atoms with Crippen molar-refractivity contribution >= 4 is 40.6 Å². The molecule has 1 aliphatic heterocycles. The summed E-state index contributed by atoms with van der Waals surface area (Å²) in [6.07, 6.45) is 3.70. The number of benzene rings is 2. The fourth-order valence-electron chi connectivity index (χ4n) is 4.19. The van der Waals surface area contributed by atoms with E-state index in [1.54, 1.807) is 28.3 Å². The van der Waals surface area contributed by atoms with E-state index in [-0.39, 0.29) is 11.5 Å². The minimum Gasteiger partial charge on any atom is -0.322 e. The first-order valence-corrected chi connectivity index (χ1v) is 12.2. The van der Waals surface area contributed by atoms with Gasteiger partial charge in [0.15, 0.2) is 4.80 Å². The Morgan fingerprint density at radius 1 is 1.11 bits per heavy atom. The van der Waals surface area contributed by atoms with Gasteiger partial charge in [-0.15, -0.1) is 0 Å². The van der Waals surface area contributed by atoms with Crippen molar-refractivity contribution in [2.75, 3.05) is 5.32 Å². The number of hydrogen-bond acceptors (Lipinski definition) is 5. The summed E-state index contributed by atoms with van der Waals surface area (Å²) in [5, 5.41) is 7.88. The highest BCUT2D eigenvalue weighted by Crippen LogP contribution is 2.31. The number of aromatic nitrogens is 3. The number of amides is 1. The van der Waals surface area contributed by atoms with Gasteiger partial charge in [0, 0.05) is 29.5 Å². The van der Waals surface area contributed by atoms with E-state index in [9.17, 15) is 9.59 Å². The first kappa shape index (κ1) is 23.0. The summed E-state index contributed by atoms with van der Waals surface area (Å²) in [5.74, 6) is -0.310. The van der Waals surface area contributed by atoms with Gasteiger partial charge >= 0.3 is 0 Å². The molecule has 0 fully saturated rings. The normalized spacial score (nSPS) is 15.7. The second kappa shape index (κ2) is 9.13. The van der Waals surface area contributed by atoms with E-state index in [2.05, 4.69) is 15.4 Å². The number of fused-ring (bicyclic) bond motifs is 1. The summed E-state index contributed by atoms with van der Waals surface area (Å²) in [6, 6.07) is 15.8. The predicted molar refractivity (Wildman–Crippen MR) is 138 cm³/mol. The molecule has 1 N–H and O–H groups in total. The number of nitrogens with one attached hydrogen (secondary N) is 1. The molecule has 7 nitrogen and oxygen atoms in total. The maximum absolute atomic E-state index is 13.7. The number of para-hydroxylation sites is 1. The summed E-state index contributed by atoms with van der Waals surface area (Å²) < 4.78 is 3.83. The van der Waals surface area contributed by atoms with E-state index >= 15 is 0 Å². The Bertz CT molecular complexity index is 1650. The van der Waals surface area contributed by atoms with E-state index in [0.29, 0.717) is 31.3 Å². The van der Waals surface area contributed by atoms with Crippen LogP contribution >= 0.6 is 22.9 Å². The molecule has 0 spiro atoms. The van der Waals surface area contributed by atoms with Crippen molar-refractivity contribution in [1.29, 1.82) is 0 Å². The van der Waals surface area contributed by atoms with Crippen LogP contribution in [0.1, 0.15) is 29.8 Å². The van der Waals surface area contributed by atoms with Gasteiger partial charge < -0.3 is 5.32 Å². The molecule has 9 heteroatoms. The van der Waals surface area contributed by atoms with Gasteiger partial charge in [-0.3, -0.25) is 18.8 Å². The van der Waals surface area contributed by atoms with E-state index in [1.165, 1.54) is 11.3 Å². The van der Waals surface area contributed by atoms with E-state index in [4.69, 9.17) is 11.6 Å². The second-order valence-electron chi connectivity index (χ2n) is 8.30. The van der Waals surface area contributed by atoms with Gasteiger partial charge in [0.1, 0.15) is 0 Å². The predicted octanol–water partition coefficient (Wildman–Crippen LogP) is 3.57. The minimum absolute atomic E-state index is 0.213. The largest absolute Gasteiger partial charge is 0.322 e. The summed E-state index contributed by atoms with van der Waals surface area (Å²) in [5.41, 5.74) is 3.88. The molecule has 2 aromatic carbocycles. The van der Waals surface area contributed by atoms with Crippen LogP contribution in [0, 0.1) is 6.92 Å². The number of nitrogens with zero attached hydrogens (tertiary/aromatic N) is 4. The molecular formula is C26H22ClN5O2S. The number of thiazole rings is 1. The van der Waals surface area contributed by atoms with Gasteiger partial charge in [-0.25, -0.2) is 4.99 Å². The van der Waals surface area contributed by atoms with Gasteiger partial charge in [-0.05, 0) is 49.8 Å². The molecule has 176 valence electrons. The Morgan fingerprint density at radius 2 is 1.83 bits per heavy atom. The van der Waals surface area contributed by atoms with Crippen molar-refractivity contribution in [2.24, 2.45) is 12.0 Å². The molecule has 0 aliphatic carbocycles. The van der Waals surface area contributed by atoms with Crippen molar-refractivity contribution in [3.05, 3.63) is 114 Å². The molecule has 0 unspecified atom stereocenters. The molecule has 0 saturated carbocycles. The zero-order valence-corrected chi connectivity index (χ0v) is 20.9. The summed E-state index contributed by atoms with van der Waals surface area (Å²) in [4.78, 5) is 32.4. The average Bonchev–Trinajstić information content (AvgIpc) is 3.31. The number of anilines is 1. The highest BCUT2D eigenvalue weighted by Gasteiger charge is 2.32. The molecule has 1 atom stereocenters. The van der Waals surface area contributed by atoms with Crippen LogP contribution in [0.25, 0.3) is 6.08 Å². The summed E-state index contributed by atoms with van der Waals surface area (Å²) in [7, 11) is 1.84. The van der Waals surface area contributed by atoms with Gasteiger partial charge in [0.2, 0.25) is 0 Å². The Balaban J connectivity index is 1.69. The number of halogens is 1. The highest BCUT2D eigenvalue weighted by molar-refractivity contribution is 7.07. The highest BCUT2D eigenvalue weighted by atomic mass is 35.5. The lowest BCUT2D eigenvalue weighted by atomic mass is 9.95. The maximum atomic E-state index is 13.7. The van der Waals surface area contributed by atoms with Crippen LogP contribution in [-0.2, 0) is 11.8 Å². The topological polar surface area (TPSA) is 81.3 Å². The first-order valence-electron chi connectivity index (χ1n) is 11.0. The number of rotatable bonds is 4. The maximum Gasteiger partial charge on any atom is 0.271 e. The molecule has 5 rings (SSSR count). The fourth-order valence-corrected chi connectivity index (χ4v) is 5.36. The van der Waals surface area contributed by atoms with Crippen LogP contribution in [0.15, 0.2) is 81.9 Å². The lowest BCUT2D eigenvalue weighted by Crippen LogP contribution is -2.40. The first-order chi connectivity index (χ1) is 16.8. The van der Waals surface area contributed by atoms with Crippen LogP contribution in [-0.4, -0.2) is 20.3 Å². The van der Waals surface area contributed by atoms with Crippen molar-refractivity contribution in [2.45, 2.75) is 19.9 Å². The van der Waals surface area contributed by atoms with E-state index < -0.39 is 6.04 Å². The van der Waals surface area contributed by atoms with Crippen molar-refractivity contribution in [3.63, 3.8) is 0 Å². The minimum atomic E-state index is -0.649. The molecule has 0 bridgehead atoms. The molecule has 1 amide bonds. The van der Waals surface area contributed by atoms with Crippen LogP contribution in [0.3, 0.4) is 0 Å². The third-order valence-electron chi connectivity index (χ3n) is 5.82. The lowest BCUT2D eigenvalue weighted by molar-refractivity contribution is -0.113. The third-order valence-corrected chi connectivity index (χ3v) is 7.06. The lowest BCUT2D eigenvalue weighted by Gasteiger charge is -2.25. The summed E-state index contributed by atoms with van der Waals surface area (Å²) >= 11 is 7.44. The van der Waals surface area contributed by atoms with Crippen molar-refractivity contribution in [1.82, 2.24) is 14.3 Å². The van der Waals surface area contributed by atoms with Crippen molar-refractivity contribution in [3.8, 4) is 0 Å². The van der Waals surface area contributed by atoms with Crippen LogP contribution < -0.4 is 20.2 Å². The Morgan fingerprint density at radius 3 is 2.49 bits per heavy atom. The molecule has 0 radical (unpaired) electrons. The molecular weight excluding hydrogens is 482 g/mol. The molecule has 2 aromatic heterocycles. The standard InChI is InChI=1S/C26H22ClN5O2S/c1-15-18(14-31(3)30-15)13-21-25(34)32-23(17-9-11-19(27)12-10-17)22(16(2)28-26(32)35-21)24(33)29-20-7-5-4-6-8-20/h4-14,23H,1-3H3,(H,29,33)/t23-/m1/s1. The van der Waals surface area contributed by atoms with Gasteiger partial charge in [-0.1, -0.05) is 53.3 Å². The molecule has 35 heavy (non-hydrogen) atoms. The number of hydrogen-bond donors (Lipinski definition) is 1. The SMILES string of the molecule is CC1=C(C(=O)Nc2ccccc2)[C@@H](c2ccc(Cl)cc2)n2c(sc(=Cc3cn(C)nc3C)c2=O)=N1. The fraction of sp³-hybridized carbons (Fsp3) is 0.154. The van der Waals surface area contributed by atoms with E-state index in [1.807, 2.05) is 68.7 Å². The average molecular weight is 504 g/mol. The Kier molecular flexibility index (Phi) is 6.00. The number of aryl methyl sites for hydroxylation is 2. The second-order valence-corrected chi connectivity index (χ2v) is 9.74. The Hall–Kier alpha value is -3.75. The smallest absolute Gasteiger partial charge is 0.271 e. The number of carbonyl (C=O) groups excluding carboxylic acids is 1. The van der Waals surface area contributed by atoms with Crippen LogP contribution in [0.2, 0.25) is 5.02 Å². The number of carbonyl (C=O) groups is 1. The van der Waals surface area contributed by atoms with Crippen LogP contribution in [0.5, 0.6) is 0 Å². The quantitative estimate of drug-likeness (QED) is 0.462.